The molecule has 1 rings (SSSR count). The molecule has 1 aromatic carbocycles. The zero-order valence-corrected chi connectivity index (χ0v) is 12.7. The molecule has 1 amide bonds. The van der Waals surface area contributed by atoms with Crippen LogP contribution in [-0.4, -0.2) is 23.0 Å². The number of carbonyl (C=O) groups excluding carboxylic acids is 1. The first-order valence-electron chi connectivity index (χ1n) is 6.37. The molecule has 110 valence electrons. The van der Waals surface area contributed by atoms with Crippen molar-refractivity contribution in [2.24, 2.45) is 0 Å². The molecule has 0 heterocycles. The third-order valence-electron chi connectivity index (χ3n) is 2.77. The summed E-state index contributed by atoms with van der Waals surface area (Å²) >= 11 is 11.7. The summed E-state index contributed by atoms with van der Waals surface area (Å²) in [6, 6.07) is 4.65. The van der Waals surface area contributed by atoms with E-state index in [2.05, 4.69) is 5.32 Å². The normalized spacial score (nSPS) is 11.9. The van der Waals surface area contributed by atoms with E-state index in [-0.39, 0.29) is 24.8 Å². The summed E-state index contributed by atoms with van der Waals surface area (Å²) in [5, 5.41) is 12.4. The van der Waals surface area contributed by atoms with Crippen LogP contribution in [0.25, 0.3) is 0 Å². The van der Waals surface area contributed by atoms with E-state index in [1.54, 1.807) is 18.2 Å². The third-order valence-corrected chi connectivity index (χ3v) is 3.51. The van der Waals surface area contributed by atoms with Crippen molar-refractivity contribution in [1.29, 1.82) is 0 Å². The SMILES string of the molecule is CCCC(CC(=O)O)NC(=O)Cc1ccc(Cl)c(Cl)c1. The van der Waals surface area contributed by atoms with Crippen LogP contribution in [0.4, 0.5) is 0 Å². The van der Waals surface area contributed by atoms with Gasteiger partial charge in [0.15, 0.2) is 0 Å². The van der Waals surface area contributed by atoms with Crippen molar-refractivity contribution in [2.45, 2.75) is 38.6 Å². The molecular formula is C14H17Cl2NO3. The molecule has 1 aromatic rings. The molecule has 20 heavy (non-hydrogen) atoms. The second kappa shape index (κ2) is 8.12. The molecule has 0 aliphatic rings. The molecule has 0 bridgehead atoms. The van der Waals surface area contributed by atoms with E-state index in [9.17, 15) is 9.59 Å². The fraction of sp³-hybridized carbons (Fsp3) is 0.429. The second-order valence-corrected chi connectivity index (χ2v) is 5.39. The zero-order chi connectivity index (χ0) is 15.1. The Labute approximate surface area is 128 Å². The van der Waals surface area contributed by atoms with E-state index >= 15 is 0 Å². The van der Waals surface area contributed by atoms with Gasteiger partial charge in [0.25, 0.3) is 0 Å². The molecule has 0 saturated heterocycles. The van der Waals surface area contributed by atoms with Crippen molar-refractivity contribution < 1.29 is 14.7 Å². The molecule has 6 heteroatoms. The first-order chi connectivity index (χ1) is 9.42. The van der Waals surface area contributed by atoms with Crippen LogP contribution in [0.1, 0.15) is 31.7 Å². The van der Waals surface area contributed by atoms with E-state index in [4.69, 9.17) is 28.3 Å². The highest BCUT2D eigenvalue weighted by Crippen LogP contribution is 2.22. The molecule has 0 aromatic heterocycles. The molecule has 0 radical (unpaired) electrons. The molecule has 0 saturated carbocycles. The minimum Gasteiger partial charge on any atom is -0.481 e. The summed E-state index contributed by atoms with van der Waals surface area (Å²) in [5.41, 5.74) is 0.738. The number of halogens is 2. The van der Waals surface area contributed by atoms with E-state index in [1.807, 2.05) is 6.92 Å². The van der Waals surface area contributed by atoms with Gasteiger partial charge in [-0.15, -0.1) is 0 Å². The summed E-state index contributed by atoms with van der Waals surface area (Å²) in [7, 11) is 0. The smallest absolute Gasteiger partial charge is 0.305 e. The van der Waals surface area contributed by atoms with Gasteiger partial charge in [-0.3, -0.25) is 9.59 Å². The Morgan fingerprint density at radius 2 is 2.00 bits per heavy atom. The highest BCUT2D eigenvalue weighted by molar-refractivity contribution is 6.42. The first-order valence-corrected chi connectivity index (χ1v) is 7.13. The number of nitrogens with one attached hydrogen (secondary N) is 1. The third kappa shape index (κ3) is 5.80. The standard InChI is InChI=1S/C14H17Cl2NO3/c1-2-3-10(8-14(19)20)17-13(18)7-9-4-5-11(15)12(16)6-9/h4-6,10H,2-3,7-8H2,1H3,(H,17,18)(H,19,20). The first kappa shape index (κ1) is 16.8. The largest absolute Gasteiger partial charge is 0.481 e. The molecule has 2 N–H and O–H groups in total. The van der Waals surface area contributed by atoms with Gasteiger partial charge in [0, 0.05) is 6.04 Å². The number of hydrogen-bond acceptors (Lipinski definition) is 2. The minimum absolute atomic E-state index is 0.0685. The van der Waals surface area contributed by atoms with Crippen molar-refractivity contribution in [3.8, 4) is 0 Å². The van der Waals surface area contributed by atoms with Gasteiger partial charge in [0.05, 0.1) is 22.9 Å². The van der Waals surface area contributed by atoms with Gasteiger partial charge < -0.3 is 10.4 Å². The number of carbonyl (C=O) groups is 2. The molecule has 4 nitrogen and oxygen atoms in total. The van der Waals surface area contributed by atoms with Crippen molar-refractivity contribution >= 4 is 35.1 Å². The van der Waals surface area contributed by atoms with E-state index < -0.39 is 5.97 Å². The Bertz CT molecular complexity index is 491. The summed E-state index contributed by atoms with van der Waals surface area (Å²) in [6.45, 7) is 1.94. The summed E-state index contributed by atoms with van der Waals surface area (Å²) in [4.78, 5) is 22.6. The number of amides is 1. The Hall–Kier alpha value is -1.26. The van der Waals surface area contributed by atoms with E-state index in [1.165, 1.54) is 0 Å². The average Bonchev–Trinajstić information content (AvgIpc) is 2.33. The van der Waals surface area contributed by atoms with Gasteiger partial charge in [-0.25, -0.2) is 0 Å². The number of rotatable bonds is 7. The van der Waals surface area contributed by atoms with Crippen molar-refractivity contribution in [3.63, 3.8) is 0 Å². The monoisotopic (exact) mass is 317 g/mol. The number of benzene rings is 1. The van der Waals surface area contributed by atoms with Crippen LogP contribution in [0.2, 0.25) is 10.0 Å². The average molecular weight is 318 g/mol. The Morgan fingerprint density at radius 3 is 2.55 bits per heavy atom. The van der Waals surface area contributed by atoms with Crippen LogP contribution in [0.5, 0.6) is 0 Å². The fourth-order valence-electron chi connectivity index (χ4n) is 1.90. The van der Waals surface area contributed by atoms with E-state index in [0.717, 1.165) is 12.0 Å². The van der Waals surface area contributed by atoms with Gasteiger partial charge in [-0.05, 0) is 24.1 Å². The van der Waals surface area contributed by atoms with Crippen molar-refractivity contribution in [1.82, 2.24) is 5.32 Å². The molecule has 0 fully saturated rings. The van der Waals surface area contributed by atoms with Gasteiger partial charge in [-0.1, -0.05) is 42.6 Å². The van der Waals surface area contributed by atoms with Crippen LogP contribution < -0.4 is 5.32 Å². The van der Waals surface area contributed by atoms with Crippen LogP contribution in [-0.2, 0) is 16.0 Å². The van der Waals surface area contributed by atoms with Gasteiger partial charge >= 0.3 is 5.97 Å². The highest BCUT2D eigenvalue weighted by atomic mass is 35.5. The van der Waals surface area contributed by atoms with Crippen molar-refractivity contribution in [3.05, 3.63) is 33.8 Å². The molecule has 0 spiro atoms. The summed E-state index contributed by atoms with van der Waals surface area (Å²) in [6.07, 6.45) is 1.53. The number of carboxylic acids is 1. The predicted molar refractivity (Wildman–Crippen MR) is 79.3 cm³/mol. The maximum atomic E-state index is 11.9. The van der Waals surface area contributed by atoms with Gasteiger partial charge in [-0.2, -0.15) is 0 Å². The molecular weight excluding hydrogens is 301 g/mol. The van der Waals surface area contributed by atoms with Crippen LogP contribution in [0.3, 0.4) is 0 Å². The summed E-state index contributed by atoms with van der Waals surface area (Å²) < 4.78 is 0. The van der Waals surface area contributed by atoms with Crippen LogP contribution in [0.15, 0.2) is 18.2 Å². The number of aliphatic carboxylic acids is 1. The summed E-state index contributed by atoms with van der Waals surface area (Å²) in [5.74, 6) is -1.14. The predicted octanol–water partition coefficient (Wildman–Crippen LogP) is 3.30. The zero-order valence-electron chi connectivity index (χ0n) is 11.2. The Balaban J connectivity index is 2.60. The lowest BCUT2D eigenvalue weighted by atomic mass is 10.1. The van der Waals surface area contributed by atoms with Gasteiger partial charge in [0.2, 0.25) is 5.91 Å². The lowest BCUT2D eigenvalue weighted by Gasteiger charge is -2.16. The molecule has 1 unspecified atom stereocenters. The Kier molecular flexibility index (Phi) is 6.82. The quantitative estimate of drug-likeness (QED) is 0.810. The molecule has 0 aliphatic heterocycles. The van der Waals surface area contributed by atoms with E-state index in [0.29, 0.717) is 16.5 Å². The maximum Gasteiger partial charge on any atom is 0.305 e. The highest BCUT2D eigenvalue weighted by Gasteiger charge is 2.15. The van der Waals surface area contributed by atoms with Crippen LogP contribution in [0, 0.1) is 0 Å². The maximum absolute atomic E-state index is 11.9. The lowest BCUT2D eigenvalue weighted by Crippen LogP contribution is -2.37. The topological polar surface area (TPSA) is 66.4 Å². The second-order valence-electron chi connectivity index (χ2n) is 4.58. The fourth-order valence-corrected chi connectivity index (χ4v) is 2.22. The Morgan fingerprint density at radius 1 is 1.30 bits per heavy atom. The van der Waals surface area contributed by atoms with Crippen molar-refractivity contribution in [2.75, 3.05) is 0 Å². The number of carboxylic acid groups (broad SMARTS) is 1. The molecule has 0 aliphatic carbocycles. The number of hydrogen-bond donors (Lipinski definition) is 2. The molecule has 1 atom stereocenters. The lowest BCUT2D eigenvalue weighted by molar-refractivity contribution is -0.137. The minimum atomic E-state index is -0.918. The van der Waals surface area contributed by atoms with Crippen LogP contribution >= 0.6 is 23.2 Å². The van der Waals surface area contributed by atoms with Gasteiger partial charge in [0.1, 0.15) is 0 Å².